The summed E-state index contributed by atoms with van der Waals surface area (Å²) in [4.78, 5) is 24.0. The zero-order valence-corrected chi connectivity index (χ0v) is 11.7. The lowest BCUT2D eigenvalue weighted by atomic mass is 10.1. The molecule has 104 valence electrons. The largest absolute Gasteiger partial charge is 0.478 e. The first-order chi connectivity index (χ1) is 9.38. The SMILES string of the molecule is Cc1cc(C(=O)O)c(NC(=O)c2ccc(F)cc2C)s1. The van der Waals surface area contributed by atoms with Crippen molar-refractivity contribution in [1.82, 2.24) is 0 Å². The zero-order valence-electron chi connectivity index (χ0n) is 10.9. The lowest BCUT2D eigenvalue weighted by Crippen LogP contribution is -2.14. The van der Waals surface area contributed by atoms with Crippen molar-refractivity contribution >= 4 is 28.2 Å². The third-order valence-corrected chi connectivity index (χ3v) is 3.71. The van der Waals surface area contributed by atoms with Crippen LogP contribution in [-0.4, -0.2) is 17.0 Å². The fourth-order valence-electron chi connectivity index (χ4n) is 1.82. The van der Waals surface area contributed by atoms with Gasteiger partial charge in [0.15, 0.2) is 0 Å². The summed E-state index contributed by atoms with van der Waals surface area (Å²) >= 11 is 1.19. The Labute approximate surface area is 118 Å². The van der Waals surface area contributed by atoms with Gasteiger partial charge in [-0.3, -0.25) is 4.79 Å². The number of carboxylic acid groups (broad SMARTS) is 1. The highest BCUT2D eigenvalue weighted by Crippen LogP contribution is 2.28. The van der Waals surface area contributed by atoms with Crippen LogP contribution in [0.3, 0.4) is 0 Å². The number of thiophene rings is 1. The Morgan fingerprint density at radius 1 is 1.20 bits per heavy atom. The molecule has 2 aromatic rings. The van der Waals surface area contributed by atoms with E-state index in [1.54, 1.807) is 13.8 Å². The maximum Gasteiger partial charge on any atom is 0.338 e. The highest BCUT2D eigenvalue weighted by atomic mass is 32.1. The molecule has 0 atom stereocenters. The normalized spacial score (nSPS) is 10.3. The van der Waals surface area contributed by atoms with Crippen LogP contribution in [0.1, 0.15) is 31.2 Å². The quantitative estimate of drug-likeness (QED) is 0.910. The van der Waals surface area contributed by atoms with Crippen LogP contribution < -0.4 is 5.32 Å². The lowest BCUT2D eigenvalue weighted by molar-refractivity contribution is 0.0698. The zero-order chi connectivity index (χ0) is 14.9. The van der Waals surface area contributed by atoms with Gasteiger partial charge in [-0.1, -0.05) is 0 Å². The standard InChI is InChI=1S/C14H12FNO3S/c1-7-5-9(15)3-4-10(7)12(17)16-13-11(14(18)19)6-8(2)20-13/h3-6H,1-2H3,(H,16,17)(H,18,19). The Morgan fingerprint density at radius 2 is 1.90 bits per heavy atom. The minimum Gasteiger partial charge on any atom is -0.478 e. The van der Waals surface area contributed by atoms with Crippen molar-refractivity contribution in [3.05, 3.63) is 51.7 Å². The van der Waals surface area contributed by atoms with Gasteiger partial charge in [-0.05, 0) is 43.7 Å². The summed E-state index contributed by atoms with van der Waals surface area (Å²) in [5.74, 6) is -1.97. The van der Waals surface area contributed by atoms with Gasteiger partial charge in [0.25, 0.3) is 5.91 Å². The molecular weight excluding hydrogens is 281 g/mol. The van der Waals surface area contributed by atoms with E-state index in [9.17, 15) is 14.0 Å². The number of halogens is 1. The van der Waals surface area contributed by atoms with Gasteiger partial charge >= 0.3 is 5.97 Å². The molecule has 0 spiro atoms. The van der Waals surface area contributed by atoms with Gasteiger partial charge in [0.05, 0.1) is 5.56 Å². The van der Waals surface area contributed by atoms with E-state index in [1.807, 2.05) is 0 Å². The number of carboxylic acids is 1. The molecule has 0 saturated carbocycles. The Morgan fingerprint density at radius 3 is 2.50 bits per heavy atom. The van der Waals surface area contributed by atoms with Gasteiger partial charge in [-0.2, -0.15) is 0 Å². The van der Waals surface area contributed by atoms with Crippen LogP contribution in [0.25, 0.3) is 0 Å². The molecule has 1 heterocycles. The van der Waals surface area contributed by atoms with Crippen LogP contribution in [0.4, 0.5) is 9.39 Å². The third-order valence-electron chi connectivity index (χ3n) is 2.75. The number of hydrogen-bond donors (Lipinski definition) is 2. The number of aromatic carboxylic acids is 1. The fourth-order valence-corrected chi connectivity index (χ4v) is 2.72. The van der Waals surface area contributed by atoms with Crippen LogP contribution >= 0.6 is 11.3 Å². The third kappa shape index (κ3) is 2.85. The van der Waals surface area contributed by atoms with Crippen LogP contribution in [0.2, 0.25) is 0 Å². The first kappa shape index (κ1) is 14.2. The molecule has 1 aromatic carbocycles. The first-order valence-electron chi connectivity index (χ1n) is 5.79. The van der Waals surface area contributed by atoms with Crippen molar-refractivity contribution in [2.24, 2.45) is 0 Å². The van der Waals surface area contributed by atoms with E-state index in [0.29, 0.717) is 11.1 Å². The first-order valence-corrected chi connectivity index (χ1v) is 6.61. The summed E-state index contributed by atoms with van der Waals surface area (Å²) in [6, 6.07) is 5.33. The molecule has 0 aliphatic carbocycles. The van der Waals surface area contributed by atoms with Crippen LogP contribution in [-0.2, 0) is 0 Å². The molecule has 0 radical (unpaired) electrons. The molecule has 0 fully saturated rings. The van der Waals surface area contributed by atoms with Gasteiger partial charge in [0.1, 0.15) is 10.8 Å². The number of carbonyl (C=O) groups excluding carboxylic acids is 1. The van der Waals surface area contributed by atoms with E-state index in [2.05, 4.69) is 5.32 Å². The number of benzene rings is 1. The summed E-state index contributed by atoms with van der Waals surface area (Å²) in [5, 5.41) is 11.9. The minimum atomic E-state index is -1.10. The fraction of sp³-hybridized carbons (Fsp3) is 0.143. The van der Waals surface area contributed by atoms with Gasteiger partial charge in [-0.15, -0.1) is 11.3 Å². The van der Waals surface area contributed by atoms with E-state index in [0.717, 1.165) is 4.88 Å². The summed E-state index contributed by atoms with van der Waals surface area (Å²) in [6.07, 6.45) is 0. The number of rotatable bonds is 3. The monoisotopic (exact) mass is 293 g/mol. The van der Waals surface area contributed by atoms with Crippen molar-refractivity contribution in [3.8, 4) is 0 Å². The molecule has 1 amide bonds. The summed E-state index contributed by atoms with van der Waals surface area (Å²) in [6.45, 7) is 3.38. The second kappa shape index (κ2) is 5.42. The molecule has 2 rings (SSSR count). The number of anilines is 1. The molecule has 2 N–H and O–H groups in total. The number of amides is 1. The van der Waals surface area contributed by atoms with Crippen molar-refractivity contribution in [2.45, 2.75) is 13.8 Å². The van der Waals surface area contributed by atoms with Crippen molar-refractivity contribution in [3.63, 3.8) is 0 Å². The van der Waals surface area contributed by atoms with Crippen molar-refractivity contribution in [1.29, 1.82) is 0 Å². The minimum absolute atomic E-state index is 0.0561. The molecule has 0 unspecified atom stereocenters. The van der Waals surface area contributed by atoms with Crippen molar-refractivity contribution < 1.29 is 19.1 Å². The molecule has 20 heavy (non-hydrogen) atoms. The van der Waals surface area contributed by atoms with Crippen LogP contribution in [0.5, 0.6) is 0 Å². The average molecular weight is 293 g/mol. The molecule has 0 saturated heterocycles. The van der Waals surface area contributed by atoms with E-state index >= 15 is 0 Å². The highest BCUT2D eigenvalue weighted by molar-refractivity contribution is 7.16. The number of aryl methyl sites for hydroxylation is 2. The Hall–Kier alpha value is -2.21. The smallest absolute Gasteiger partial charge is 0.338 e. The maximum atomic E-state index is 13.0. The average Bonchev–Trinajstić information content (AvgIpc) is 2.70. The van der Waals surface area contributed by atoms with E-state index in [4.69, 9.17) is 5.11 Å². The second-order valence-corrected chi connectivity index (χ2v) is 5.57. The van der Waals surface area contributed by atoms with Crippen LogP contribution in [0, 0.1) is 19.7 Å². The molecule has 0 bridgehead atoms. The summed E-state index contributed by atoms with van der Waals surface area (Å²) in [5.41, 5.74) is 0.863. The molecular formula is C14H12FNO3S. The molecule has 6 heteroatoms. The predicted molar refractivity (Wildman–Crippen MR) is 75.1 cm³/mol. The maximum absolute atomic E-state index is 13.0. The summed E-state index contributed by atoms with van der Waals surface area (Å²) in [7, 11) is 0. The Balaban J connectivity index is 2.30. The topological polar surface area (TPSA) is 66.4 Å². The highest BCUT2D eigenvalue weighted by Gasteiger charge is 2.17. The van der Waals surface area contributed by atoms with Crippen LogP contribution in [0.15, 0.2) is 24.3 Å². The summed E-state index contributed by atoms with van der Waals surface area (Å²) < 4.78 is 13.0. The molecule has 1 aromatic heterocycles. The second-order valence-electron chi connectivity index (χ2n) is 4.32. The van der Waals surface area contributed by atoms with E-state index in [-0.39, 0.29) is 10.6 Å². The van der Waals surface area contributed by atoms with Gasteiger partial charge < -0.3 is 10.4 Å². The van der Waals surface area contributed by atoms with Gasteiger partial charge in [0, 0.05) is 10.4 Å². The van der Waals surface area contributed by atoms with Crippen molar-refractivity contribution in [2.75, 3.05) is 5.32 Å². The lowest BCUT2D eigenvalue weighted by Gasteiger charge is -2.07. The Bertz CT molecular complexity index is 694. The number of nitrogens with one attached hydrogen (secondary N) is 1. The molecule has 4 nitrogen and oxygen atoms in total. The molecule has 0 aliphatic rings. The molecule has 0 aliphatic heterocycles. The number of hydrogen-bond acceptors (Lipinski definition) is 3. The van der Waals surface area contributed by atoms with E-state index in [1.165, 1.54) is 35.6 Å². The Kier molecular flexibility index (Phi) is 3.85. The number of carbonyl (C=O) groups is 2. The predicted octanol–water partition coefficient (Wildman–Crippen LogP) is 3.45. The van der Waals surface area contributed by atoms with E-state index < -0.39 is 17.7 Å². The van der Waals surface area contributed by atoms with Gasteiger partial charge in [-0.25, -0.2) is 9.18 Å². The van der Waals surface area contributed by atoms with Gasteiger partial charge in [0.2, 0.25) is 0 Å².